The van der Waals surface area contributed by atoms with Gasteiger partial charge in [-0.2, -0.15) is 0 Å². The van der Waals surface area contributed by atoms with Gasteiger partial charge in [-0.1, -0.05) is 67.1 Å². The molecule has 2 unspecified atom stereocenters. The molecule has 0 saturated carbocycles. The van der Waals surface area contributed by atoms with E-state index in [1.54, 1.807) is 6.07 Å². The van der Waals surface area contributed by atoms with Crippen molar-refractivity contribution in [2.75, 3.05) is 25.1 Å². The summed E-state index contributed by atoms with van der Waals surface area (Å²) in [4.78, 5) is 29.5. The molecule has 0 aliphatic heterocycles. The lowest BCUT2D eigenvalue weighted by Crippen LogP contribution is -2.54. The van der Waals surface area contributed by atoms with Gasteiger partial charge in [-0.25, -0.2) is 12.8 Å². The summed E-state index contributed by atoms with van der Waals surface area (Å²) in [6.45, 7) is 2.76. The van der Waals surface area contributed by atoms with E-state index in [4.69, 9.17) is 21.1 Å². The average Bonchev–Trinajstić information content (AvgIpc) is 3.09. The predicted molar refractivity (Wildman–Crippen MR) is 184 cm³/mol. The lowest BCUT2D eigenvalue weighted by atomic mass is 10.0. The molecule has 0 saturated heterocycles. The van der Waals surface area contributed by atoms with Crippen LogP contribution in [0.5, 0.6) is 11.5 Å². The minimum atomic E-state index is -4.43. The number of ether oxygens (including phenoxy) is 2. The molecule has 0 aromatic heterocycles. The highest BCUT2D eigenvalue weighted by Crippen LogP contribution is 2.33. The number of halogens is 2. The van der Waals surface area contributed by atoms with E-state index < -0.39 is 40.2 Å². The molecule has 0 radical (unpaired) electrons. The van der Waals surface area contributed by atoms with Gasteiger partial charge in [-0.15, -0.1) is 0 Å². The Morgan fingerprint density at radius 2 is 1.54 bits per heavy atom. The number of amides is 2. The second kappa shape index (κ2) is 16.5. The standard InChI is InChI=1S/C36H39ClFN3O6S/c1-5-25(2)39-36(43)32(21-26-11-7-6-8-12-26)40(23-27-13-9-10-14-31(27)38)35(42)24-41(29-17-15-28(37)16-18-29)48(44,45)30-19-20-33(46-3)34(22-30)47-4/h6-20,22,25,32H,5,21,23-24H2,1-4H3,(H,39,43). The number of anilines is 1. The summed E-state index contributed by atoms with van der Waals surface area (Å²) in [5.74, 6) is -1.25. The van der Waals surface area contributed by atoms with Crippen LogP contribution in [0.4, 0.5) is 10.1 Å². The first-order chi connectivity index (χ1) is 23.0. The highest BCUT2D eigenvalue weighted by Gasteiger charge is 2.35. The minimum Gasteiger partial charge on any atom is -0.493 e. The number of nitrogens with zero attached hydrogens (tertiary/aromatic N) is 2. The Morgan fingerprint density at radius 3 is 2.17 bits per heavy atom. The first kappa shape index (κ1) is 36.2. The smallest absolute Gasteiger partial charge is 0.264 e. The van der Waals surface area contributed by atoms with Crippen LogP contribution in [0, 0.1) is 5.82 Å². The molecule has 0 heterocycles. The van der Waals surface area contributed by atoms with Gasteiger partial charge in [0.25, 0.3) is 10.0 Å². The highest BCUT2D eigenvalue weighted by molar-refractivity contribution is 7.92. The Morgan fingerprint density at radius 1 is 0.896 bits per heavy atom. The van der Waals surface area contributed by atoms with Crippen molar-refractivity contribution in [3.05, 3.63) is 119 Å². The summed E-state index contributed by atoms with van der Waals surface area (Å²) in [5.41, 5.74) is 1.08. The van der Waals surface area contributed by atoms with Gasteiger partial charge >= 0.3 is 0 Å². The number of sulfonamides is 1. The molecule has 0 fully saturated rings. The first-order valence-corrected chi connectivity index (χ1v) is 17.2. The number of carbonyl (C=O) groups excluding carboxylic acids is 2. The van der Waals surface area contributed by atoms with Gasteiger partial charge in [-0.3, -0.25) is 13.9 Å². The fourth-order valence-electron chi connectivity index (χ4n) is 5.05. The van der Waals surface area contributed by atoms with Crippen LogP contribution in [0.1, 0.15) is 31.4 Å². The highest BCUT2D eigenvalue weighted by atomic mass is 35.5. The van der Waals surface area contributed by atoms with E-state index in [0.717, 1.165) is 9.87 Å². The van der Waals surface area contributed by atoms with E-state index in [2.05, 4.69) is 5.32 Å². The largest absolute Gasteiger partial charge is 0.493 e. The van der Waals surface area contributed by atoms with E-state index >= 15 is 4.39 Å². The van der Waals surface area contributed by atoms with Crippen LogP contribution >= 0.6 is 11.6 Å². The van der Waals surface area contributed by atoms with Crippen LogP contribution in [0.2, 0.25) is 5.02 Å². The van der Waals surface area contributed by atoms with E-state index in [9.17, 15) is 18.0 Å². The molecule has 9 nitrogen and oxygen atoms in total. The number of rotatable bonds is 15. The fourth-order valence-corrected chi connectivity index (χ4v) is 6.60. The van der Waals surface area contributed by atoms with E-state index in [0.29, 0.717) is 17.2 Å². The molecular weight excluding hydrogens is 657 g/mol. The Kier molecular flexibility index (Phi) is 12.4. The normalized spacial score (nSPS) is 12.5. The molecule has 2 atom stereocenters. The van der Waals surface area contributed by atoms with E-state index in [-0.39, 0.29) is 40.9 Å². The quantitative estimate of drug-likeness (QED) is 0.158. The maximum absolute atomic E-state index is 15.1. The van der Waals surface area contributed by atoms with Crippen LogP contribution in [0.15, 0.2) is 102 Å². The van der Waals surface area contributed by atoms with Crippen molar-refractivity contribution in [1.82, 2.24) is 10.2 Å². The zero-order valence-electron chi connectivity index (χ0n) is 27.2. The van der Waals surface area contributed by atoms with Gasteiger partial charge in [0.2, 0.25) is 11.8 Å². The SMILES string of the molecule is CCC(C)NC(=O)C(Cc1ccccc1)N(Cc1ccccc1F)C(=O)CN(c1ccc(Cl)cc1)S(=O)(=O)c1ccc(OC)c(OC)c1. The number of benzene rings is 4. The summed E-state index contributed by atoms with van der Waals surface area (Å²) < 4.78 is 55.3. The number of nitrogens with one attached hydrogen (secondary N) is 1. The Bertz CT molecular complexity index is 1810. The van der Waals surface area contributed by atoms with Gasteiger partial charge in [0, 0.05) is 35.7 Å². The maximum atomic E-state index is 15.1. The van der Waals surface area contributed by atoms with Gasteiger partial charge in [-0.05, 0) is 61.4 Å². The number of methoxy groups -OCH3 is 2. The van der Waals surface area contributed by atoms with Crippen molar-refractivity contribution in [3.8, 4) is 11.5 Å². The molecule has 0 aliphatic rings. The molecule has 4 aromatic carbocycles. The third kappa shape index (κ3) is 8.84. The third-order valence-electron chi connectivity index (χ3n) is 7.91. The first-order valence-electron chi connectivity index (χ1n) is 15.4. The van der Waals surface area contributed by atoms with Crippen molar-refractivity contribution < 1.29 is 31.9 Å². The lowest BCUT2D eigenvalue weighted by Gasteiger charge is -2.34. The monoisotopic (exact) mass is 695 g/mol. The summed E-state index contributed by atoms with van der Waals surface area (Å²) in [6, 6.07) is 23.8. The topological polar surface area (TPSA) is 105 Å². The van der Waals surface area contributed by atoms with Crippen molar-refractivity contribution in [1.29, 1.82) is 0 Å². The molecule has 1 N–H and O–H groups in total. The second-order valence-electron chi connectivity index (χ2n) is 11.1. The van der Waals surface area contributed by atoms with Crippen LogP contribution < -0.4 is 19.1 Å². The van der Waals surface area contributed by atoms with Crippen molar-refractivity contribution in [2.24, 2.45) is 0 Å². The summed E-state index contributed by atoms with van der Waals surface area (Å²) in [6.07, 6.45) is 0.742. The summed E-state index contributed by atoms with van der Waals surface area (Å²) >= 11 is 6.14. The zero-order chi connectivity index (χ0) is 34.8. The Balaban J connectivity index is 1.84. The Hall–Kier alpha value is -4.61. The number of hydrogen-bond acceptors (Lipinski definition) is 6. The second-order valence-corrected chi connectivity index (χ2v) is 13.4. The zero-order valence-corrected chi connectivity index (χ0v) is 28.8. The van der Waals surface area contributed by atoms with Crippen LogP contribution in [-0.4, -0.2) is 58.0 Å². The Labute approximate surface area is 286 Å². The molecule has 12 heteroatoms. The molecule has 254 valence electrons. The van der Waals surface area contributed by atoms with Crippen molar-refractivity contribution >= 4 is 39.1 Å². The van der Waals surface area contributed by atoms with Crippen LogP contribution in [0.3, 0.4) is 0 Å². The molecule has 0 spiro atoms. The van der Waals surface area contributed by atoms with Crippen LogP contribution in [0.25, 0.3) is 0 Å². The maximum Gasteiger partial charge on any atom is 0.264 e. The third-order valence-corrected chi connectivity index (χ3v) is 9.93. The molecule has 0 aliphatic carbocycles. The van der Waals surface area contributed by atoms with E-state index in [1.165, 1.54) is 79.8 Å². The van der Waals surface area contributed by atoms with Crippen molar-refractivity contribution in [2.45, 2.75) is 50.2 Å². The van der Waals surface area contributed by atoms with Gasteiger partial charge in [0.15, 0.2) is 11.5 Å². The van der Waals surface area contributed by atoms with Gasteiger partial charge < -0.3 is 19.7 Å². The summed E-state index contributed by atoms with van der Waals surface area (Å²) in [7, 11) is -1.62. The molecule has 4 rings (SSSR count). The van der Waals surface area contributed by atoms with Gasteiger partial charge in [0.1, 0.15) is 18.4 Å². The summed E-state index contributed by atoms with van der Waals surface area (Å²) in [5, 5.41) is 3.32. The molecule has 2 amide bonds. The average molecular weight is 696 g/mol. The minimum absolute atomic E-state index is 0.104. The molecular formula is C36H39ClFN3O6S. The van der Waals surface area contributed by atoms with Gasteiger partial charge in [0.05, 0.1) is 24.8 Å². The number of hydrogen-bond donors (Lipinski definition) is 1. The number of carbonyl (C=O) groups is 2. The lowest BCUT2D eigenvalue weighted by molar-refractivity contribution is -0.140. The molecule has 48 heavy (non-hydrogen) atoms. The van der Waals surface area contributed by atoms with E-state index in [1.807, 2.05) is 44.2 Å². The van der Waals surface area contributed by atoms with Crippen molar-refractivity contribution in [3.63, 3.8) is 0 Å². The fraction of sp³-hybridized carbons (Fsp3) is 0.278. The predicted octanol–water partition coefficient (Wildman–Crippen LogP) is 6.25. The molecule has 4 aromatic rings. The van der Waals surface area contributed by atoms with Crippen LogP contribution in [-0.2, 0) is 32.6 Å². The molecule has 0 bridgehead atoms.